The maximum absolute atomic E-state index is 12.2. The fourth-order valence-corrected chi connectivity index (χ4v) is 3.26. The van der Waals surface area contributed by atoms with Crippen LogP contribution in [0.5, 0.6) is 0 Å². The summed E-state index contributed by atoms with van der Waals surface area (Å²) in [6, 6.07) is 3.84. The third kappa shape index (κ3) is 2.17. The third-order valence-corrected chi connectivity index (χ3v) is 4.38. The lowest BCUT2D eigenvalue weighted by Crippen LogP contribution is -2.42. The number of nitrogens with one attached hydrogen (secondary N) is 1. The maximum atomic E-state index is 12.2. The van der Waals surface area contributed by atoms with Crippen molar-refractivity contribution >= 4 is 23.2 Å². The second kappa shape index (κ2) is 4.79. The van der Waals surface area contributed by atoms with E-state index in [2.05, 4.69) is 5.32 Å². The van der Waals surface area contributed by atoms with Crippen molar-refractivity contribution in [2.45, 2.75) is 18.8 Å². The summed E-state index contributed by atoms with van der Waals surface area (Å²) in [5, 5.41) is 13.9. The molecule has 4 atom stereocenters. The van der Waals surface area contributed by atoms with Crippen LogP contribution in [0.15, 0.2) is 29.7 Å². The van der Waals surface area contributed by atoms with E-state index in [1.807, 2.05) is 17.5 Å². The molecule has 6 heteroatoms. The molecular weight excluding hydrogens is 266 g/mol. The molecule has 19 heavy (non-hydrogen) atoms. The van der Waals surface area contributed by atoms with Crippen molar-refractivity contribution in [1.82, 2.24) is 5.32 Å². The summed E-state index contributed by atoms with van der Waals surface area (Å²) >= 11 is 1.55. The van der Waals surface area contributed by atoms with Crippen LogP contribution in [-0.2, 0) is 20.9 Å². The Morgan fingerprint density at radius 1 is 1.32 bits per heavy atom. The second-order valence-corrected chi connectivity index (χ2v) is 5.67. The van der Waals surface area contributed by atoms with E-state index in [1.54, 1.807) is 23.5 Å². The van der Waals surface area contributed by atoms with Gasteiger partial charge in [0.05, 0.1) is 24.7 Å². The van der Waals surface area contributed by atoms with Gasteiger partial charge in [0, 0.05) is 4.88 Å². The van der Waals surface area contributed by atoms with Gasteiger partial charge in [-0.05, 0) is 11.4 Å². The number of carbonyl (C=O) groups excluding carboxylic acids is 1. The van der Waals surface area contributed by atoms with Crippen molar-refractivity contribution in [1.29, 1.82) is 0 Å². The molecule has 1 saturated heterocycles. The van der Waals surface area contributed by atoms with E-state index in [4.69, 9.17) is 4.74 Å². The van der Waals surface area contributed by atoms with Gasteiger partial charge in [0.2, 0.25) is 5.91 Å². The largest absolute Gasteiger partial charge is 0.481 e. The van der Waals surface area contributed by atoms with Gasteiger partial charge in [-0.1, -0.05) is 18.2 Å². The van der Waals surface area contributed by atoms with E-state index in [0.717, 1.165) is 4.88 Å². The maximum Gasteiger partial charge on any atom is 0.310 e. The number of ether oxygens (including phenoxy) is 1. The average Bonchev–Trinajstić information content (AvgIpc) is 3.10. The first-order valence-electron chi connectivity index (χ1n) is 6.03. The summed E-state index contributed by atoms with van der Waals surface area (Å²) in [6.07, 6.45) is 2.63. The zero-order chi connectivity index (χ0) is 13.4. The van der Waals surface area contributed by atoms with Gasteiger partial charge in [-0.25, -0.2) is 0 Å². The minimum absolute atomic E-state index is 0.252. The summed E-state index contributed by atoms with van der Waals surface area (Å²) in [4.78, 5) is 24.5. The number of thiophene rings is 1. The molecule has 2 N–H and O–H groups in total. The smallest absolute Gasteiger partial charge is 0.310 e. The average molecular weight is 279 g/mol. The topological polar surface area (TPSA) is 75.6 Å². The molecule has 0 saturated carbocycles. The number of carboxylic acids is 1. The highest BCUT2D eigenvalue weighted by Gasteiger charge is 2.53. The lowest BCUT2D eigenvalue weighted by Gasteiger charge is -2.20. The van der Waals surface area contributed by atoms with Gasteiger partial charge >= 0.3 is 5.97 Å². The Morgan fingerprint density at radius 3 is 2.68 bits per heavy atom. The van der Waals surface area contributed by atoms with Gasteiger partial charge in [0.15, 0.2) is 0 Å². The molecule has 0 aromatic carbocycles. The van der Waals surface area contributed by atoms with Crippen LogP contribution in [0.3, 0.4) is 0 Å². The first-order valence-corrected chi connectivity index (χ1v) is 6.91. The summed E-state index contributed by atoms with van der Waals surface area (Å²) in [5.74, 6) is -2.64. The lowest BCUT2D eigenvalue weighted by atomic mass is 9.82. The first kappa shape index (κ1) is 12.4. The zero-order valence-corrected chi connectivity index (χ0v) is 10.8. The number of fused-ring (bicyclic) bond motifs is 2. The molecule has 0 unspecified atom stereocenters. The second-order valence-electron chi connectivity index (χ2n) is 4.64. The predicted molar refractivity (Wildman–Crippen MR) is 68.6 cm³/mol. The predicted octanol–water partition coefficient (Wildman–Crippen LogP) is 1.02. The molecule has 3 rings (SSSR count). The fraction of sp³-hybridized carbons (Fsp3) is 0.385. The molecule has 100 valence electrons. The van der Waals surface area contributed by atoms with Crippen LogP contribution in [0, 0.1) is 11.8 Å². The van der Waals surface area contributed by atoms with Crippen LogP contribution in [0.1, 0.15) is 4.88 Å². The standard InChI is InChI=1S/C13H13NO4S/c15-12(14-6-7-2-1-5-19-7)10-8-3-4-9(18-8)11(10)13(16)17/h1-5,8-11H,6H2,(H,14,15)(H,16,17)/t8-,9-,10+,11-/m0/s1. The Labute approximate surface area is 113 Å². The van der Waals surface area contributed by atoms with E-state index in [0.29, 0.717) is 6.54 Å². The van der Waals surface area contributed by atoms with E-state index >= 15 is 0 Å². The number of carbonyl (C=O) groups is 2. The van der Waals surface area contributed by atoms with E-state index < -0.39 is 30.0 Å². The van der Waals surface area contributed by atoms with Crippen molar-refractivity contribution < 1.29 is 19.4 Å². The number of hydrogen-bond donors (Lipinski definition) is 2. The molecule has 1 fully saturated rings. The molecule has 2 bridgehead atoms. The van der Waals surface area contributed by atoms with E-state index in [9.17, 15) is 14.7 Å². The number of amides is 1. The molecule has 1 amide bonds. The Bertz CT molecular complexity index is 525. The number of rotatable bonds is 4. The highest BCUT2D eigenvalue weighted by Crippen LogP contribution is 2.39. The van der Waals surface area contributed by atoms with Gasteiger partial charge in [-0.3, -0.25) is 9.59 Å². The van der Waals surface area contributed by atoms with Crippen LogP contribution < -0.4 is 5.32 Å². The van der Waals surface area contributed by atoms with Crippen molar-refractivity contribution in [3.63, 3.8) is 0 Å². The number of carboxylic acid groups (broad SMARTS) is 1. The van der Waals surface area contributed by atoms with Gasteiger partial charge in [-0.2, -0.15) is 0 Å². The fourth-order valence-electron chi connectivity index (χ4n) is 2.62. The van der Waals surface area contributed by atoms with Crippen LogP contribution >= 0.6 is 11.3 Å². The summed E-state index contributed by atoms with van der Waals surface area (Å²) in [7, 11) is 0. The molecular formula is C13H13NO4S. The summed E-state index contributed by atoms with van der Waals surface area (Å²) < 4.78 is 5.47. The van der Waals surface area contributed by atoms with Gasteiger partial charge < -0.3 is 15.2 Å². The molecule has 0 aliphatic carbocycles. The Hall–Kier alpha value is -1.66. The summed E-state index contributed by atoms with van der Waals surface area (Å²) in [5.41, 5.74) is 0. The van der Waals surface area contributed by atoms with Crippen LogP contribution in [0.2, 0.25) is 0 Å². The lowest BCUT2D eigenvalue weighted by molar-refractivity contribution is -0.146. The SMILES string of the molecule is O=C(O)[C@@H]1[C@H](C(=O)NCc2cccs2)[C@@H]2C=C[C@@H]1O2. The molecule has 3 heterocycles. The van der Waals surface area contributed by atoms with Crippen LogP contribution in [-0.4, -0.2) is 29.2 Å². The molecule has 2 aliphatic heterocycles. The molecule has 1 aromatic heterocycles. The molecule has 0 spiro atoms. The molecule has 1 aromatic rings. The zero-order valence-electron chi connectivity index (χ0n) is 9.98. The third-order valence-electron chi connectivity index (χ3n) is 3.50. The van der Waals surface area contributed by atoms with Crippen molar-refractivity contribution in [2.75, 3.05) is 0 Å². The molecule has 5 nitrogen and oxygen atoms in total. The van der Waals surface area contributed by atoms with Crippen LogP contribution in [0.4, 0.5) is 0 Å². The Kier molecular flexibility index (Phi) is 3.12. The van der Waals surface area contributed by atoms with E-state index in [1.165, 1.54) is 0 Å². The Balaban J connectivity index is 1.68. The Morgan fingerprint density at radius 2 is 2.05 bits per heavy atom. The highest BCUT2D eigenvalue weighted by molar-refractivity contribution is 7.09. The quantitative estimate of drug-likeness (QED) is 0.807. The number of hydrogen-bond acceptors (Lipinski definition) is 4. The van der Waals surface area contributed by atoms with Gasteiger partial charge in [0.25, 0.3) is 0 Å². The van der Waals surface area contributed by atoms with Gasteiger partial charge in [-0.15, -0.1) is 11.3 Å². The highest BCUT2D eigenvalue weighted by atomic mass is 32.1. The van der Waals surface area contributed by atoms with E-state index in [-0.39, 0.29) is 5.91 Å². The monoisotopic (exact) mass is 279 g/mol. The normalized spacial score (nSPS) is 31.6. The van der Waals surface area contributed by atoms with Crippen LogP contribution in [0.25, 0.3) is 0 Å². The van der Waals surface area contributed by atoms with Crippen molar-refractivity contribution in [2.24, 2.45) is 11.8 Å². The number of aliphatic carboxylic acids is 1. The van der Waals surface area contributed by atoms with Crippen molar-refractivity contribution in [3.8, 4) is 0 Å². The van der Waals surface area contributed by atoms with Crippen molar-refractivity contribution in [3.05, 3.63) is 34.5 Å². The molecule has 0 radical (unpaired) electrons. The minimum atomic E-state index is -0.979. The first-order chi connectivity index (χ1) is 9.16. The summed E-state index contributed by atoms with van der Waals surface area (Å²) in [6.45, 7) is 0.431. The van der Waals surface area contributed by atoms with Gasteiger partial charge in [0.1, 0.15) is 5.92 Å². The molecule has 2 aliphatic rings. The minimum Gasteiger partial charge on any atom is -0.481 e.